The van der Waals surface area contributed by atoms with Gasteiger partial charge in [0.15, 0.2) is 16.9 Å². The summed E-state index contributed by atoms with van der Waals surface area (Å²) in [6.45, 7) is 0. The predicted molar refractivity (Wildman–Crippen MR) is 109 cm³/mol. The molecule has 0 spiro atoms. The lowest BCUT2D eigenvalue weighted by Crippen LogP contribution is -2.75. The molecule has 5 N–H and O–H groups in total. The molecular weight excluding hydrogens is 452 g/mol. The first-order valence-corrected chi connectivity index (χ1v) is 10.7. The highest BCUT2D eigenvalue weighted by atomic mass is 32.2. The SMILES string of the molecule is CO/N=C(\C(=O)N[C@H]1C(=O)N(S(=O)(=O)O)[C@H]1C(=O)Nc1ccccc1)c1csc(N)n1. The van der Waals surface area contributed by atoms with E-state index in [0.29, 0.717) is 5.69 Å². The topological polar surface area (TPSA) is 193 Å². The molecule has 1 aliphatic heterocycles. The number of amides is 3. The lowest BCUT2D eigenvalue weighted by molar-refractivity contribution is -0.150. The van der Waals surface area contributed by atoms with Gasteiger partial charge in [0.2, 0.25) is 0 Å². The highest BCUT2D eigenvalue weighted by molar-refractivity contribution is 7.84. The van der Waals surface area contributed by atoms with Crippen LogP contribution in [0.2, 0.25) is 0 Å². The summed E-state index contributed by atoms with van der Waals surface area (Å²) in [4.78, 5) is 46.1. The van der Waals surface area contributed by atoms with E-state index in [2.05, 4.69) is 25.6 Å². The Kier molecular flexibility index (Phi) is 6.19. The molecule has 0 aliphatic carbocycles. The molecule has 0 saturated carbocycles. The maximum absolute atomic E-state index is 12.7. The molecule has 164 valence electrons. The summed E-state index contributed by atoms with van der Waals surface area (Å²) in [5, 5.41) is 9.75. The minimum atomic E-state index is -5.06. The van der Waals surface area contributed by atoms with Crippen LogP contribution in [-0.2, 0) is 29.5 Å². The van der Waals surface area contributed by atoms with E-state index in [0.717, 1.165) is 11.3 Å². The van der Waals surface area contributed by atoms with Crippen LogP contribution >= 0.6 is 11.3 Å². The standard InChI is InChI=1S/C16H16N6O7S2/c1-29-21-10(9-7-30-16(17)19-9)13(23)20-11-12(22(15(11)25)31(26,27)28)14(24)18-8-5-3-2-4-6-8/h2-7,11-12H,1H3,(H2,17,19)(H,18,24)(H,20,23)(H,26,27,28)/b21-10-/t11-,12-/m1/s1. The first kappa shape index (κ1) is 22.1. The Morgan fingerprint density at radius 1 is 1.32 bits per heavy atom. The Balaban J connectivity index is 1.85. The number of nitrogens with one attached hydrogen (secondary N) is 2. The molecule has 0 bridgehead atoms. The third kappa shape index (κ3) is 4.62. The van der Waals surface area contributed by atoms with Gasteiger partial charge in [-0.05, 0) is 12.1 Å². The van der Waals surface area contributed by atoms with E-state index < -0.39 is 40.1 Å². The van der Waals surface area contributed by atoms with Gasteiger partial charge in [-0.25, -0.2) is 4.98 Å². The Morgan fingerprint density at radius 3 is 2.55 bits per heavy atom. The van der Waals surface area contributed by atoms with Crippen molar-refractivity contribution >= 4 is 55.9 Å². The molecule has 31 heavy (non-hydrogen) atoms. The van der Waals surface area contributed by atoms with Gasteiger partial charge in [-0.3, -0.25) is 18.9 Å². The molecule has 13 nitrogen and oxygen atoms in total. The minimum absolute atomic E-state index is 0.0236. The van der Waals surface area contributed by atoms with Gasteiger partial charge in [-0.15, -0.1) is 11.3 Å². The molecule has 3 amide bonds. The van der Waals surface area contributed by atoms with Crippen molar-refractivity contribution in [2.45, 2.75) is 12.1 Å². The van der Waals surface area contributed by atoms with Gasteiger partial charge in [0.05, 0.1) is 0 Å². The molecule has 2 atom stereocenters. The summed E-state index contributed by atoms with van der Waals surface area (Å²) in [7, 11) is -3.89. The Labute approximate surface area is 179 Å². The average molecular weight is 468 g/mol. The van der Waals surface area contributed by atoms with E-state index in [1.54, 1.807) is 18.2 Å². The van der Waals surface area contributed by atoms with Gasteiger partial charge in [0.1, 0.15) is 18.8 Å². The number of β-lactam (4-membered cyclic amide) rings is 1. The molecule has 1 fully saturated rings. The van der Waals surface area contributed by atoms with Gasteiger partial charge < -0.3 is 21.2 Å². The van der Waals surface area contributed by atoms with Crippen molar-refractivity contribution in [3.63, 3.8) is 0 Å². The molecule has 2 heterocycles. The maximum atomic E-state index is 12.7. The second-order valence-corrected chi connectivity index (χ2v) is 8.24. The molecule has 3 rings (SSSR count). The molecular formula is C16H16N6O7S2. The Hall–Kier alpha value is -3.56. The van der Waals surface area contributed by atoms with Crippen LogP contribution in [0.1, 0.15) is 5.69 Å². The molecule has 15 heteroatoms. The number of anilines is 2. The second-order valence-electron chi connectivity index (χ2n) is 6.06. The van der Waals surface area contributed by atoms with Crippen LogP contribution < -0.4 is 16.4 Å². The maximum Gasteiger partial charge on any atom is 0.363 e. The molecule has 1 saturated heterocycles. The number of hydrogen-bond acceptors (Lipinski definition) is 10. The van der Waals surface area contributed by atoms with Crippen LogP contribution in [0.5, 0.6) is 0 Å². The number of thiazole rings is 1. The van der Waals surface area contributed by atoms with Crippen molar-refractivity contribution in [2.75, 3.05) is 18.2 Å². The van der Waals surface area contributed by atoms with Gasteiger partial charge >= 0.3 is 10.3 Å². The van der Waals surface area contributed by atoms with Crippen molar-refractivity contribution in [3.8, 4) is 0 Å². The second kappa shape index (κ2) is 8.66. The quantitative estimate of drug-likeness (QED) is 0.174. The zero-order chi connectivity index (χ0) is 22.8. The summed E-state index contributed by atoms with van der Waals surface area (Å²) in [5.41, 5.74) is 5.55. The van der Waals surface area contributed by atoms with Gasteiger partial charge in [0, 0.05) is 11.1 Å². The number of para-hydroxylation sites is 1. The van der Waals surface area contributed by atoms with Crippen molar-refractivity contribution in [1.82, 2.24) is 14.6 Å². The normalized spacial score (nSPS) is 18.8. The van der Waals surface area contributed by atoms with Gasteiger partial charge in [-0.1, -0.05) is 23.4 Å². The van der Waals surface area contributed by atoms with Gasteiger partial charge in [-0.2, -0.15) is 12.7 Å². The Morgan fingerprint density at radius 2 is 2.00 bits per heavy atom. The lowest BCUT2D eigenvalue weighted by atomic mass is 9.97. The summed E-state index contributed by atoms with van der Waals surface area (Å²) in [6, 6.07) is 4.65. The third-order valence-electron chi connectivity index (χ3n) is 4.06. The number of rotatable bonds is 7. The predicted octanol–water partition coefficient (Wildman–Crippen LogP) is -0.787. The van der Waals surface area contributed by atoms with E-state index in [9.17, 15) is 27.4 Å². The largest absolute Gasteiger partial charge is 0.398 e. The fourth-order valence-electron chi connectivity index (χ4n) is 2.76. The molecule has 0 unspecified atom stereocenters. The zero-order valence-electron chi connectivity index (χ0n) is 15.8. The van der Waals surface area contributed by atoms with Crippen molar-refractivity contribution in [2.24, 2.45) is 5.16 Å². The summed E-state index contributed by atoms with van der Waals surface area (Å²) < 4.78 is 32.5. The van der Waals surface area contributed by atoms with Crippen LogP contribution in [0.3, 0.4) is 0 Å². The molecule has 1 aliphatic rings. The summed E-state index contributed by atoms with van der Waals surface area (Å²) in [6.07, 6.45) is 0. The molecule has 2 aromatic rings. The Bertz CT molecular complexity index is 1150. The van der Waals surface area contributed by atoms with Crippen LogP contribution in [0.25, 0.3) is 0 Å². The van der Waals surface area contributed by atoms with E-state index in [1.807, 2.05) is 0 Å². The smallest absolute Gasteiger partial charge is 0.363 e. The molecule has 1 aromatic heterocycles. The number of nitrogens with two attached hydrogens (primary N) is 1. The number of nitrogen functional groups attached to an aromatic ring is 1. The van der Waals surface area contributed by atoms with Crippen LogP contribution in [0, 0.1) is 0 Å². The summed E-state index contributed by atoms with van der Waals surface area (Å²) >= 11 is 1.02. The third-order valence-corrected chi connectivity index (χ3v) is 5.64. The van der Waals surface area contributed by atoms with Crippen LogP contribution in [-0.4, -0.2) is 64.9 Å². The van der Waals surface area contributed by atoms with Crippen molar-refractivity contribution in [1.29, 1.82) is 0 Å². The van der Waals surface area contributed by atoms with Crippen LogP contribution in [0.15, 0.2) is 40.9 Å². The fourth-order valence-corrected chi connectivity index (χ4v) is 4.15. The first-order valence-electron chi connectivity index (χ1n) is 8.43. The minimum Gasteiger partial charge on any atom is -0.398 e. The van der Waals surface area contributed by atoms with E-state index >= 15 is 0 Å². The van der Waals surface area contributed by atoms with Gasteiger partial charge in [0.25, 0.3) is 17.7 Å². The molecule has 0 radical (unpaired) electrons. The number of oxime groups is 1. The summed E-state index contributed by atoms with van der Waals surface area (Å²) in [5.74, 6) is -3.13. The van der Waals surface area contributed by atoms with Crippen molar-refractivity contribution in [3.05, 3.63) is 41.4 Å². The van der Waals surface area contributed by atoms with Crippen LogP contribution in [0.4, 0.5) is 10.8 Å². The first-order chi connectivity index (χ1) is 14.6. The zero-order valence-corrected chi connectivity index (χ0v) is 17.4. The van der Waals surface area contributed by atoms with E-state index in [1.165, 1.54) is 24.6 Å². The highest BCUT2D eigenvalue weighted by Gasteiger charge is 2.58. The number of carbonyl (C=O) groups is 3. The monoisotopic (exact) mass is 468 g/mol. The molecule has 1 aromatic carbocycles. The fraction of sp³-hybridized carbons (Fsp3) is 0.188. The number of aromatic nitrogens is 1. The average Bonchev–Trinajstić information content (AvgIpc) is 3.13. The highest BCUT2D eigenvalue weighted by Crippen LogP contribution is 2.25. The number of nitrogens with zero attached hydrogens (tertiary/aromatic N) is 3. The van der Waals surface area contributed by atoms with E-state index in [4.69, 9.17) is 5.73 Å². The number of hydrogen-bond donors (Lipinski definition) is 4. The van der Waals surface area contributed by atoms with E-state index in [-0.39, 0.29) is 20.8 Å². The number of carbonyl (C=O) groups excluding carboxylic acids is 3. The van der Waals surface area contributed by atoms with Crippen molar-refractivity contribution < 1.29 is 32.2 Å². The lowest BCUT2D eigenvalue weighted by Gasteiger charge is -2.42. The number of benzene rings is 1.